The van der Waals surface area contributed by atoms with Crippen molar-refractivity contribution >= 4 is 28.4 Å². The van der Waals surface area contributed by atoms with E-state index < -0.39 is 0 Å². The van der Waals surface area contributed by atoms with Crippen LogP contribution in [0.25, 0.3) is 22.4 Å². The topological polar surface area (TPSA) is 91.1 Å². The largest absolute Gasteiger partial charge is 0.338 e. The highest BCUT2D eigenvalue weighted by Crippen LogP contribution is 2.28. The van der Waals surface area contributed by atoms with Crippen molar-refractivity contribution in [2.45, 2.75) is 56.9 Å². The molecule has 174 valence electrons. The molecule has 0 saturated heterocycles. The lowest BCUT2D eigenvalue weighted by molar-refractivity contribution is 0.384. The number of hydrogen-bond acceptors (Lipinski definition) is 7. The molecule has 3 aromatic heterocycles. The monoisotopic (exact) mass is 474 g/mol. The van der Waals surface area contributed by atoms with Gasteiger partial charge < -0.3 is 4.52 Å². The molecule has 5 aromatic rings. The van der Waals surface area contributed by atoms with Crippen molar-refractivity contribution in [1.29, 1.82) is 0 Å². The molecule has 0 radical (unpaired) electrons. The first-order valence-corrected chi connectivity index (χ1v) is 12.5. The molecule has 0 atom stereocenters. The van der Waals surface area contributed by atoms with Gasteiger partial charge in [-0.15, -0.1) is 10.2 Å². The molecule has 0 N–H and O–H groups in total. The van der Waals surface area contributed by atoms with E-state index in [9.17, 15) is 4.79 Å². The van der Waals surface area contributed by atoms with Gasteiger partial charge in [-0.3, -0.25) is 9.20 Å². The lowest BCUT2D eigenvalue weighted by Crippen LogP contribution is -2.23. The maximum Gasteiger partial charge on any atom is 0.267 e. The number of rotatable bonds is 8. The van der Waals surface area contributed by atoms with E-state index in [1.54, 1.807) is 4.57 Å². The second-order valence-corrected chi connectivity index (χ2v) is 9.43. The minimum Gasteiger partial charge on any atom is -0.338 e. The third kappa shape index (κ3) is 4.00. The average Bonchev–Trinajstić information content (AvgIpc) is 3.49. The summed E-state index contributed by atoms with van der Waals surface area (Å²) >= 11 is 1.46. The zero-order chi connectivity index (χ0) is 23.7. The van der Waals surface area contributed by atoms with Crippen LogP contribution in [0.2, 0.25) is 0 Å². The summed E-state index contributed by atoms with van der Waals surface area (Å²) in [5.41, 5.74) is 2.55. The lowest BCUT2D eigenvalue weighted by Gasteiger charge is -2.16. The van der Waals surface area contributed by atoms with E-state index in [-0.39, 0.29) is 11.5 Å². The van der Waals surface area contributed by atoms with Crippen LogP contribution in [0.4, 0.5) is 0 Å². The highest BCUT2D eigenvalue weighted by Gasteiger charge is 2.20. The maximum atomic E-state index is 13.6. The predicted molar refractivity (Wildman–Crippen MR) is 133 cm³/mol. The van der Waals surface area contributed by atoms with Crippen LogP contribution in [0, 0.1) is 0 Å². The van der Waals surface area contributed by atoms with Gasteiger partial charge in [0.25, 0.3) is 5.56 Å². The third-order valence-electron chi connectivity index (χ3n) is 5.78. The molecule has 2 aromatic carbocycles. The molecule has 3 heterocycles. The second-order valence-electron chi connectivity index (χ2n) is 8.49. The summed E-state index contributed by atoms with van der Waals surface area (Å²) in [6.07, 6.45) is 2.92. The van der Waals surface area contributed by atoms with Gasteiger partial charge in [0.1, 0.15) is 0 Å². The zero-order valence-electron chi connectivity index (χ0n) is 19.4. The van der Waals surface area contributed by atoms with Gasteiger partial charge >= 0.3 is 0 Å². The molecule has 0 aliphatic rings. The van der Waals surface area contributed by atoms with E-state index in [4.69, 9.17) is 4.52 Å². The maximum absolute atomic E-state index is 13.6. The Morgan fingerprint density at radius 3 is 2.68 bits per heavy atom. The van der Waals surface area contributed by atoms with E-state index in [0.29, 0.717) is 28.0 Å². The molecule has 9 heteroatoms. The molecular formula is C25H26N6O2S. The van der Waals surface area contributed by atoms with Gasteiger partial charge in [-0.05, 0) is 36.1 Å². The highest BCUT2D eigenvalue weighted by molar-refractivity contribution is 7.98. The van der Waals surface area contributed by atoms with Gasteiger partial charge in [-0.25, -0.2) is 4.57 Å². The number of para-hydroxylation sites is 2. The summed E-state index contributed by atoms with van der Waals surface area (Å²) in [5.74, 6) is 2.47. The Morgan fingerprint density at radius 2 is 1.85 bits per heavy atom. The fraction of sp³-hybridized carbons (Fsp3) is 0.320. The second kappa shape index (κ2) is 9.42. The Balaban J connectivity index is 1.63. The van der Waals surface area contributed by atoms with Crippen LogP contribution in [0.1, 0.15) is 56.8 Å². The number of hydrogen-bond donors (Lipinski definition) is 0. The van der Waals surface area contributed by atoms with Gasteiger partial charge in [-0.2, -0.15) is 4.98 Å². The van der Waals surface area contributed by atoms with E-state index in [1.807, 2.05) is 46.9 Å². The number of nitrogens with zero attached hydrogens (tertiary/aromatic N) is 6. The van der Waals surface area contributed by atoms with Crippen molar-refractivity contribution < 1.29 is 4.52 Å². The minimum absolute atomic E-state index is 0.113. The predicted octanol–water partition coefficient (Wildman–Crippen LogP) is 5.17. The molecule has 34 heavy (non-hydrogen) atoms. The Hall–Kier alpha value is -3.46. The van der Waals surface area contributed by atoms with Crippen molar-refractivity contribution in [3.05, 3.63) is 76.2 Å². The summed E-state index contributed by atoms with van der Waals surface area (Å²) in [6.45, 7) is 6.37. The minimum atomic E-state index is -0.113. The van der Waals surface area contributed by atoms with Crippen molar-refractivity contribution in [1.82, 2.24) is 29.3 Å². The number of benzene rings is 2. The van der Waals surface area contributed by atoms with E-state index in [0.717, 1.165) is 41.9 Å². The highest BCUT2D eigenvalue weighted by atomic mass is 32.2. The van der Waals surface area contributed by atoms with Crippen molar-refractivity contribution in [3.63, 3.8) is 0 Å². The molecular weight excluding hydrogens is 448 g/mol. The van der Waals surface area contributed by atoms with E-state index >= 15 is 0 Å². The van der Waals surface area contributed by atoms with Gasteiger partial charge in [-0.1, -0.05) is 74.4 Å². The Bertz CT molecular complexity index is 1520. The van der Waals surface area contributed by atoms with Crippen molar-refractivity contribution in [3.8, 4) is 5.69 Å². The molecule has 0 spiro atoms. The zero-order valence-corrected chi connectivity index (χ0v) is 20.2. The van der Waals surface area contributed by atoms with Gasteiger partial charge in [0, 0.05) is 6.42 Å². The summed E-state index contributed by atoms with van der Waals surface area (Å²) in [7, 11) is 0. The van der Waals surface area contributed by atoms with Crippen molar-refractivity contribution in [2.24, 2.45) is 0 Å². The molecule has 0 aliphatic carbocycles. The van der Waals surface area contributed by atoms with Crippen LogP contribution >= 0.6 is 11.8 Å². The van der Waals surface area contributed by atoms with Crippen molar-refractivity contribution in [2.75, 3.05) is 0 Å². The first-order chi connectivity index (χ1) is 16.6. The quantitative estimate of drug-likeness (QED) is 0.286. The van der Waals surface area contributed by atoms with Crippen LogP contribution in [-0.2, 0) is 12.2 Å². The molecule has 0 fully saturated rings. The summed E-state index contributed by atoms with van der Waals surface area (Å²) in [4.78, 5) is 18.1. The smallest absolute Gasteiger partial charge is 0.267 e. The van der Waals surface area contributed by atoms with Gasteiger partial charge in [0.15, 0.2) is 11.0 Å². The van der Waals surface area contributed by atoms with E-state index in [1.165, 1.54) is 11.8 Å². The van der Waals surface area contributed by atoms with Gasteiger partial charge in [0.2, 0.25) is 11.7 Å². The van der Waals surface area contributed by atoms with E-state index in [2.05, 4.69) is 47.2 Å². The van der Waals surface area contributed by atoms with Crippen LogP contribution in [0.15, 0.2) is 63.0 Å². The first kappa shape index (κ1) is 22.3. The summed E-state index contributed by atoms with van der Waals surface area (Å²) in [6, 6.07) is 15.5. The fourth-order valence-corrected chi connectivity index (χ4v) is 4.86. The Kier molecular flexibility index (Phi) is 6.19. The number of unbranched alkanes of at least 4 members (excludes halogenated alkanes) is 1. The Labute approximate surface area is 201 Å². The Morgan fingerprint density at radius 1 is 1.06 bits per heavy atom. The molecule has 0 bridgehead atoms. The molecule has 0 amide bonds. The molecule has 0 saturated carbocycles. The molecule has 8 nitrogen and oxygen atoms in total. The number of aryl methyl sites for hydroxylation is 1. The van der Waals surface area contributed by atoms with Crippen LogP contribution < -0.4 is 5.56 Å². The molecule has 0 aliphatic heterocycles. The molecule has 0 unspecified atom stereocenters. The fourth-order valence-electron chi connectivity index (χ4n) is 4.08. The van der Waals surface area contributed by atoms with Crippen LogP contribution in [-0.4, -0.2) is 29.3 Å². The van der Waals surface area contributed by atoms with Crippen LogP contribution in [0.3, 0.4) is 0 Å². The number of aromatic nitrogens is 6. The number of fused-ring (bicyclic) bond motifs is 3. The average molecular weight is 475 g/mol. The molecule has 5 rings (SSSR count). The normalized spacial score (nSPS) is 11.8. The van der Waals surface area contributed by atoms with Gasteiger partial charge in [0.05, 0.1) is 22.3 Å². The standard InChI is InChI=1S/C25H26N6O2S/c1-4-5-14-21-26-22(33-29-21)15-34-25-28-27-24-30(19-12-8-6-10-17(19)16(2)3)23(32)18-11-7-9-13-20(18)31(24)25/h6-13,16H,4-5,14-15H2,1-3H3. The third-order valence-corrected chi connectivity index (χ3v) is 6.70. The summed E-state index contributed by atoms with van der Waals surface area (Å²) in [5, 5.41) is 14.2. The number of thioether (sulfide) groups is 1. The van der Waals surface area contributed by atoms with Crippen LogP contribution in [0.5, 0.6) is 0 Å². The lowest BCUT2D eigenvalue weighted by atomic mass is 10.0. The SMILES string of the molecule is CCCCc1noc(CSc2nnc3n(-c4ccccc4C(C)C)c(=O)c4ccccc4n23)n1. The summed E-state index contributed by atoms with van der Waals surface area (Å²) < 4.78 is 9.03. The first-order valence-electron chi connectivity index (χ1n) is 11.5.